The molecule has 5 nitrogen and oxygen atoms in total. The molecule has 3 rings (SSSR count). The Labute approximate surface area is 192 Å². The van der Waals surface area contributed by atoms with Crippen LogP contribution in [0.15, 0.2) is 88.2 Å². The number of alkyl halides is 3. The Kier molecular flexibility index (Phi) is 7.25. The summed E-state index contributed by atoms with van der Waals surface area (Å²) in [7, 11) is -4.18. The van der Waals surface area contributed by atoms with E-state index in [-0.39, 0.29) is 23.7 Å². The number of benzene rings is 3. The number of sulfonamides is 1. The lowest BCUT2D eigenvalue weighted by Gasteiger charge is -2.25. The largest absolute Gasteiger partial charge is 0.416 e. The van der Waals surface area contributed by atoms with Gasteiger partial charge in [0, 0.05) is 16.6 Å². The summed E-state index contributed by atoms with van der Waals surface area (Å²) in [6.45, 7) is -0.383. The van der Waals surface area contributed by atoms with E-state index in [1.54, 1.807) is 30.3 Å². The number of rotatable bonds is 7. The number of hydrogen-bond acceptors (Lipinski definition) is 3. The monoisotopic (exact) mass is 526 g/mol. The Morgan fingerprint density at radius 1 is 0.938 bits per heavy atom. The van der Waals surface area contributed by atoms with E-state index in [2.05, 4.69) is 21.2 Å². The first-order valence-corrected chi connectivity index (χ1v) is 11.6. The van der Waals surface area contributed by atoms with Gasteiger partial charge < -0.3 is 5.32 Å². The molecule has 0 spiro atoms. The Bertz CT molecular complexity index is 1200. The second-order valence-corrected chi connectivity index (χ2v) is 9.48. The summed E-state index contributed by atoms with van der Waals surface area (Å²) in [5.41, 5.74) is -0.766. The van der Waals surface area contributed by atoms with Gasteiger partial charge in [-0.15, -0.1) is 0 Å². The highest BCUT2D eigenvalue weighted by molar-refractivity contribution is 9.10. The van der Waals surface area contributed by atoms with Crippen LogP contribution in [0.25, 0.3) is 0 Å². The molecule has 0 atom stereocenters. The van der Waals surface area contributed by atoms with E-state index in [1.807, 2.05) is 0 Å². The molecule has 0 aliphatic rings. The second kappa shape index (κ2) is 9.74. The first kappa shape index (κ1) is 23.8. The molecule has 0 heterocycles. The molecule has 0 saturated carbocycles. The van der Waals surface area contributed by atoms with Crippen LogP contribution in [-0.2, 0) is 16.2 Å². The zero-order chi connectivity index (χ0) is 23.4. The van der Waals surface area contributed by atoms with E-state index in [9.17, 15) is 26.4 Å². The molecule has 10 heteroatoms. The fourth-order valence-electron chi connectivity index (χ4n) is 2.95. The molecule has 0 aliphatic heterocycles. The third kappa shape index (κ3) is 5.68. The van der Waals surface area contributed by atoms with Gasteiger partial charge in [-0.1, -0.05) is 46.3 Å². The molecule has 1 amide bonds. The molecular formula is C22H18BrF3N2O3S. The molecule has 0 aliphatic carbocycles. The van der Waals surface area contributed by atoms with Crippen molar-refractivity contribution in [3.05, 3.63) is 94.5 Å². The number of halogens is 4. The first-order chi connectivity index (χ1) is 15.1. The van der Waals surface area contributed by atoms with Crippen molar-refractivity contribution in [2.45, 2.75) is 11.1 Å². The van der Waals surface area contributed by atoms with Gasteiger partial charge in [0.05, 0.1) is 22.7 Å². The molecule has 0 bridgehead atoms. The van der Waals surface area contributed by atoms with Gasteiger partial charge in [-0.2, -0.15) is 13.2 Å². The summed E-state index contributed by atoms with van der Waals surface area (Å²) >= 11 is 3.27. The minimum absolute atomic E-state index is 0.0734. The maximum absolute atomic E-state index is 13.2. The van der Waals surface area contributed by atoms with E-state index >= 15 is 0 Å². The van der Waals surface area contributed by atoms with Crippen LogP contribution in [0.1, 0.15) is 15.9 Å². The van der Waals surface area contributed by atoms with E-state index < -0.39 is 27.7 Å². The van der Waals surface area contributed by atoms with E-state index in [4.69, 9.17) is 0 Å². The highest BCUT2D eigenvalue weighted by Gasteiger charge is 2.32. The van der Waals surface area contributed by atoms with Crippen LogP contribution < -0.4 is 9.62 Å². The van der Waals surface area contributed by atoms with Crippen LogP contribution in [0.3, 0.4) is 0 Å². The number of anilines is 1. The lowest BCUT2D eigenvalue weighted by atomic mass is 10.2. The summed E-state index contributed by atoms with van der Waals surface area (Å²) in [6.07, 6.45) is -4.63. The molecule has 0 radical (unpaired) electrons. The van der Waals surface area contributed by atoms with Crippen LogP contribution in [0.2, 0.25) is 0 Å². The van der Waals surface area contributed by atoms with Gasteiger partial charge in [0.2, 0.25) is 0 Å². The fourth-order valence-corrected chi connectivity index (χ4v) is 4.83. The van der Waals surface area contributed by atoms with Gasteiger partial charge in [-0.3, -0.25) is 9.10 Å². The normalized spacial score (nSPS) is 11.8. The lowest BCUT2D eigenvalue weighted by Crippen LogP contribution is -2.38. The van der Waals surface area contributed by atoms with Crippen molar-refractivity contribution in [1.82, 2.24) is 5.32 Å². The molecular weight excluding hydrogens is 509 g/mol. The third-order valence-corrected chi connectivity index (χ3v) is 6.81. The average Bonchev–Trinajstić information content (AvgIpc) is 2.76. The van der Waals surface area contributed by atoms with Crippen LogP contribution in [0.5, 0.6) is 0 Å². The van der Waals surface area contributed by atoms with Crippen molar-refractivity contribution in [1.29, 1.82) is 0 Å². The highest BCUT2D eigenvalue weighted by atomic mass is 79.9. The number of hydrogen-bond donors (Lipinski definition) is 1. The summed E-state index contributed by atoms with van der Waals surface area (Å²) in [6, 6.07) is 18.1. The van der Waals surface area contributed by atoms with Crippen molar-refractivity contribution in [3.8, 4) is 0 Å². The molecule has 168 valence electrons. The summed E-state index contributed by atoms with van der Waals surface area (Å²) in [4.78, 5) is 12.3. The standard InChI is InChI=1S/C22H18BrF3N2O3S/c23-18-8-4-6-16(14-18)21(29)27-12-13-28(32(30,31)20-10-2-1-3-11-20)19-9-5-7-17(15-19)22(24,25)26/h1-11,14-15H,12-13H2,(H,27,29). The Morgan fingerprint density at radius 2 is 1.62 bits per heavy atom. The predicted molar refractivity (Wildman–Crippen MR) is 119 cm³/mol. The number of nitrogens with one attached hydrogen (secondary N) is 1. The van der Waals surface area contributed by atoms with Gasteiger partial charge in [0.15, 0.2) is 0 Å². The van der Waals surface area contributed by atoms with Crippen molar-refractivity contribution < 1.29 is 26.4 Å². The Hall–Kier alpha value is -2.85. The first-order valence-electron chi connectivity index (χ1n) is 9.38. The van der Waals surface area contributed by atoms with E-state index in [0.717, 1.165) is 22.5 Å². The van der Waals surface area contributed by atoms with Crippen LogP contribution in [0, 0.1) is 0 Å². The van der Waals surface area contributed by atoms with Crippen LogP contribution in [-0.4, -0.2) is 27.4 Å². The number of nitrogens with zero attached hydrogens (tertiary/aromatic N) is 1. The van der Waals surface area contributed by atoms with Crippen LogP contribution in [0.4, 0.5) is 18.9 Å². The molecule has 3 aromatic rings. The quantitative estimate of drug-likeness (QED) is 0.466. The van der Waals surface area contributed by atoms with E-state index in [0.29, 0.717) is 10.0 Å². The maximum atomic E-state index is 13.2. The summed E-state index contributed by atoms with van der Waals surface area (Å²) < 4.78 is 67.6. The molecule has 0 unspecified atom stereocenters. The molecule has 0 aromatic heterocycles. The van der Waals surface area contributed by atoms with Crippen molar-refractivity contribution in [2.24, 2.45) is 0 Å². The topological polar surface area (TPSA) is 66.5 Å². The predicted octanol–water partition coefficient (Wildman–Crippen LogP) is 5.09. The summed E-state index contributed by atoms with van der Waals surface area (Å²) in [5, 5.41) is 2.61. The van der Waals surface area contributed by atoms with Crippen molar-refractivity contribution in [2.75, 3.05) is 17.4 Å². The third-order valence-electron chi connectivity index (χ3n) is 4.48. The zero-order valence-corrected chi connectivity index (χ0v) is 18.9. The maximum Gasteiger partial charge on any atom is 0.416 e. The van der Waals surface area contributed by atoms with Gasteiger partial charge in [-0.25, -0.2) is 8.42 Å². The van der Waals surface area contributed by atoms with Crippen molar-refractivity contribution in [3.63, 3.8) is 0 Å². The number of carbonyl (C=O) groups excluding carboxylic acids is 1. The van der Waals surface area contributed by atoms with Gasteiger partial charge in [-0.05, 0) is 48.5 Å². The number of amides is 1. The summed E-state index contributed by atoms with van der Waals surface area (Å²) in [5.74, 6) is -0.438. The minimum atomic E-state index is -4.63. The van der Waals surface area contributed by atoms with E-state index in [1.165, 1.54) is 30.3 Å². The minimum Gasteiger partial charge on any atom is -0.350 e. The molecule has 32 heavy (non-hydrogen) atoms. The second-order valence-electron chi connectivity index (χ2n) is 6.70. The highest BCUT2D eigenvalue weighted by Crippen LogP contribution is 2.33. The number of carbonyl (C=O) groups is 1. The Morgan fingerprint density at radius 3 is 2.28 bits per heavy atom. The Balaban J connectivity index is 1.89. The molecule has 0 fully saturated rings. The van der Waals surface area contributed by atoms with Crippen LogP contribution >= 0.6 is 15.9 Å². The van der Waals surface area contributed by atoms with Crippen molar-refractivity contribution >= 4 is 37.5 Å². The lowest BCUT2D eigenvalue weighted by molar-refractivity contribution is -0.137. The SMILES string of the molecule is O=C(NCCN(c1cccc(C(F)(F)F)c1)S(=O)(=O)c1ccccc1)c1cccc(Br)c1. The average molecular weight is 527 g/mol. The molecule has 0 saturated heterocycles. The smallest absolute Gasteiger partial charge is 0.350 e. The van der Waals surface area contributed by atoms with Gasteiger partial charge in [0.25, 0.3) is 15.9 Å². The van der Waals surface area contributed by atoms with Gasteiger partial charge >= 0.3 is 6.18 Å². The fraction of sp³-hybridized carbons (Fsp3) is 0.136. The molecule has 1 N–H and O–H groups in total. The van der Waals surface area contributed by atoms with Gasteiger partial charge in [0.1, 0.15) is 0 Å². The molecule has 3 aromatic carbocycles. The zero-order valence-electron chi connectivity index (χ0n) is 16.5.